The third-order valence-electron chi connectivity index (χ3n) is 2.31. The molecule has 17 heavy (non-hydrogen) atoms. The minimum absolute atomic E-state index is 0.0142. The van der Waals surface area contributed by atoms with Crippen molar-refractivity contribution in [2.75, 3.05) is 0 Å². The Morgan fingerprint density at radius 1 is 0.824 bits per heavy atom. The van der Waals surface area contributed by atoms with Gasteiger partial charge >= 0.3 is 12.4 Å². The largest absolute Gasteiger partial charge is 0.433 e. The predicted molar refractivity (Wildman–Crippen MR) is 45.8 cm³/mol. The maximum absolute atomic E-state index is 12.4. The minimum atomic E-state index is -4.87. The second-order valence-electron chi connectivity index (χ2n) is 3.73. The molecule has 0 aromatic carbocycles. The number of pyridine rings is 1. The van der Waals surface area contributed by atoms with Crippen LogP contribution in [-0.2, 0) is 12.4 Å². The highest BCUT2D eigenvalue weighted by molar-refractivity contribution is 5.40. The lowest BCUT2D eigenvalue weighted by atomic mass is 10.1. The Morgan fingerprint density at radius 2 is 1.24 bits per heavy atom. The first-order chi connectivity index (χ1) is 7.68. The fourth-order valence-corrected chi connectivity index (χ4v) is 1.38. The Labute approximate surface area is 92.5 Å². The van der Waals surface area contributed by atoms with E-state index in [9.17, 15) is 26.3 Å². The van der Waals surface area contributed by atoms with Crippen molar-refractivity contribution in [3.8, 4) is 0 Å². The predicted octanol–water partition coefficient (Wildman–Crippen LogP) is 3.84. The average Bonchev–Trinajstić information content (AvgIpc) is 2.97. The van der Waals surface area contributed by atoms with Gasteiger partial charge in [-0.25, -0.2) is 4.98 Å². The molecule has 7 heteroatoms. The highest BCUT2D eigenvalue weighted by Crippen LogP contribution is 2.42. The number of aromatic nitrogens is 1. The van der Waals surface area contributed by atoms with Gasteiger partial charge in [-0.3, -0.25) is 0 Å². The van der Waals surface area contributed by atoms with Gasteiger partial charge in [0, 0.05) is 5.92 Å². The van der Waals surface area contributed by atoms with Crippen molar-refractivity contribution >= 4 is 0 Å². The van der Waals surface area contributed by atoms with Gasteiger partial charge in [-0.05, 0) is 30.5 Å². The summed E-state index contributed by atoms with van der Waals surface area (Å²) in [6.45, 7) is 0. The van der Waals surface area contributed by atoms with Gasteiger partial charge in [0.1, 0.15) is 11.4 Å². The number of rotatable bonds is 1. The summed E-state index contributed by atoms with van der Waals surface area (Å²) in [6.07, 6.45) is -8.66. The first-order valence-electron chi connectivity index (χ1n) is 4.69. The summed E-state index contributed by atoms with van der Waals surface area (Å²) < 4.78 is 74.3. The van der Waals surface area contributed by atoms with E-state index in [0.29, 0.717) is 30.9 Å². The van der Waals surface area contributed by atoms with Crippen LogP contribution in [0.2, 0.25) is 0 Å². The van der Waals surface area contributed by atoms with Crippen LogP contribution in [0.5, 0.6) is 0 Å². The molecule has 93 valence electrons. The van der Waals surface area contributed by atoms with Crippen molar-refractivity contribution < 1.29 is 26.3 Å². The van der Waals surface area contributed by atoms with Crippen LogP contribution in [0.3, 0.4) is 0 Å². The van der Waals surface area contributed by atoms with Crippen LogP contribution in [0.1, 0.15) is 29.8 Å². The minimum Gasteiger partial charge on any atom is -0.239 e. The molecule has 1 saturated carbocycles. The zero-order chi connectivity index (χ0) is 12.8. The fraction of sp³-hybridized carbons (Fsp3) is 0.400. The smallest absolute Gasteiger partial charge is 0.239 e. The summed E-state index contributed by atoms with van der Waals surface area (Å²) in [4.78, 5) is 2.62. The van der Waals surface area contributed by atoms with Crippen LogP contribution in [0.4, 0.5) is 26.3 Å². The van der Waals surface area contributed by atoms with Crippen molar-refractivity contribution in [2.24, 2.45) is 0 Å². The fourth-order valence-electron chi connectivity index (χ4n) is 1.38. The van der Waals surface area contributed by atoms with Gasteiger partial charge in [-0.1, -0.05) is 0 Å². The topological polar surface area (TPSA) is 12.9 Å². The van der Waals surface area contributed by atoms with Gasteiger partial charge in [0.2, 0.25) is 0 Å². The van der Waals surface area contributed by atoms with Crippen molar-refractivity contribution in [1.29, 1.82) is 0 Å². The molecular weight excluding hydrogens is 248 g/mol. The molecule has 1 aromatic heterocycles. The van der Waals surface area contributed by atoms with Crippen LogP contribution < -0.4 is 0 Å². The Kier molecular flexibility index (Phi) is 2.59. The van der Waals surface area contributed by atoms with E-state index in [1.54, 1.807) is 0 Å². The first kappa shape index (κ1) is 12.2. The van der Waals surface area contributed by atoms with Gasteiger partial charge in [0.25, 0.3) is 0 Å². The Hall–Kier alpha value is -1.27. The van der Waals surface area contributed by atoms with Crippen LogP contribution in [0.25, 0.3) is 0 Å². The third kappa shape index (κ3) is 2.70. The monoisotopic (exact) mass is 254 g/mol. The molecule has 1 aliphatic carbocycles. The van der Waals surface area contributed by atoms with E-state index in [-0.39, 0.29) is 5.56 Å². The summed E-state index contributed by atoms with van der Waals surface area (Å²) in [5.74, 6) is 0.600. The summed E-state index contributed by atoms with van der Waals surface area (Å²) in [6, 6.07) is 1.33. The van der Waals surface area contributed by atoms with Crippen molar-refractivity contribution in [3.05, 3.63) is 35.0 Å². The van der Waals surface area contributed by atoms with Crippen LogP contribution in [0.15, 0.2) is 12.1 Å². The number of hydrogen-bond donors (Lipinski definition) is 0. The maximum Gasteiger partial charge on any atom is 0.433 e. The molecule has 0 N–H and O–H groups in total. The normalized spacial score (nSPS) is 17.3. The zero-order valence-corrected chi connectivity index (χ0v) is 8.28. The molecule has 1 aliphatic rings. The first-order valence-corrected chi connectivity index (χ1v) is 4.69. The molecule has 1 aromatic rings. The van der Waals surface area contributed by atoms with E-state index in [1.807, 2.05) is 0 Å². The summed E-state index contributed by atoms with van der Waals surface area (Å²) in [5, 5.41) is 0. The summed E-state index contributed by atoms with van der Waals surface area (Å²) in [5.41, 5.74) is -3.01. The Bertz CT molecular complexity index is 397. The Morgan fingerprint density at radius 3 is 1.53 bits per heavy atom. The SMILES string of the molecule is FC(F)(F)c1cc([C]2CC2)cc(C(F)(F)F)n1. The Balaban J connectivity index is 2.50. The molecule has 1 fully saturated rings. The average molecular weight is 254 g/mol. The van der Waals surface area contributed by atoms with Crippen molar-refractivity contribution in [3.63, 3.8) is 0 Å². The number of alkyl halides is 6. The van der Waals surface area contributed by atoms with Crippen LogP contribution >= 0.6 is 0 Å². The summed E-state index contributed by atoms with van der Waals surface area (Å²) >= 11 is 0. The highest BCUT2D eigenvalue weighted by atomic mass is 19.4. The van der Waals surface area contributed by atoms with E-state index in [4.69, 9.17) is 0 Å². The number of nitrogens with zero attached hydrogens (tertiary/aromatic N) is 1. The molecule has 0 spiro atoms. The molecule has 0 amide bonds. The van der Waals surface area contributed by atoms with E-state index >= 15 is 0 Å². The van der Waals surface area contributed by atoms with Gasteiger partial charge in [0.05, 0.1) is 0 Å². The van der Waals surface area contributed by atoms with Crippen molar-refractivity contribution in [2.45, 2.75) is 25.2 Å². The van der Waals surface area contributed by atoms with Crippen LogP contribution in [0, 0.1) is 5.92 Å². The van der Waals surface area contributed by atoms with Gasteiger partial charge in [0.15, 0.2) is 0 Å². The van der Waals surface area contributed by atoms with Gasteiger partial charge in [-0.2, -0.15) is 26.3 Å². The standard InChI is InChI=1S/C10H6F6N/c11-9(12,13)7-3-6(5-1-2-5)4-8(17-7)10(14,15)16/h3-4H,1-2H2. The molecule has 0 saturated heterocycles. The van der Waals surface area contributed by atoms with E-state index in [0.717, 1.165) is 0 Å². The highest BCUT2D eigenvalue weighted by Gasteiger charge is 2.40. The molecule has 0 bridgehead atoms. The van der Waals surface area contributed by atoms with Gasteiger partial charge < -0.3 is 0 Å². The van der Waals surface area contributed by atoms with Crippen molar-refractivity contribution in [1.82, 2.24) is 4.98 Å². The van der Waals surface area contributed by atoms with E-state index < -0.39 is 23.7 Å². The number of halogens is 6. The summed E-state index contributed by atoms with van der Waals surface area (Å²) in [7, 11) is 0. The molecule has 1 heterocycles. The molecule has 0 unspecified atom stereocenters. The molecule has 1 nitrogen and oxygen atoms in total. The number of hydrogen-bond acceptors (Lipinski definition) is 1. The van der Waals surface area contributed by atoms with E-state index in [1.165, 1.54) is 0 Å². The quantitative estimate of drug-likeness (QED) is 0.694. The second kappa shape index (κ2) is 3.61. The van der Waals surface area contributed by atoms with Gasteiger partial charge in [-0.15, -0.1) is 0 Å². The third-order valence-corrected chi connectivity index (χ3v) is 2.31. The van der Waals surface area contributed by atoms with Crippen LogP contribution in [-0.4, -0.2) is 4.98 Å². The molecule has 1 radical (unpaired) electrons. The lowest BCUT2D eigenvalue weighted by molar-refractivity contribution is -0.150. The molecular formula is C10H6F6N. The molecule has 2 rings (SSSR count). The molecule has 0 aliphatic heterocycles. The lowest BCUT2D eigenvalue weighted by Gasteiger charge is -2.12. The second-order valence-corrected chi connectivity index (χ2v) is 3.73. The molecule has 0 atom stereocenters. The van der Waals surface area contributed by atoms with E-state index in [2.05, 4.69) is 4.98 Å². The zero-order valence-electron chi connectivity index (χ0n) is 8.28. The maximum atomic E-state index is 12.4. The lowest BCUT2D eigenvalue weighted by Crippen LogP contribution is -2.15.